The Labute approximate surface area is 167 Å². The van der Waals surface area contributed by atoms with Crippen molar-refractivity contribution in [3.05, 3.63) is 58.7 Å². The smallest absolute Gasteiger partial charge is 0.315 e. The predicted octanol–water partition coefficient (Wildman–Crippen LogP) is 4.53. The number of ether oxygens (including phenoxy) is 2. The Morgan fingerprint density at radius 2 is 1.75 bits per heavy atom. The molecule has 2 aromatic carbocycles. The Kier molecular flexibility index (Phi) is 6.80. The van der Waals surface area contributed by atoms with Crippen molar-refractivity contribution in [1.82, 2.24) is 10.6 Å². The molecule has 1 aliphatic rings. The van der Waals surface area contributed by atoms with Gasteiger partial charge in [0, 0.05) is 6.54 Å². The molecule has 0 spiro atoms. The van der Waals surface area contributed by atoms with Gasteiger partial charge in [-0.15, -0.1) is 0 Å². The van der Waals surface area contributed by atoms with Crippen LogP contribution in [0.1, 0.15) is 54.5 Å². The number of aryl methyl sites for hydroxylation is 2. The third-order valence-electron chi connectivity index (χ3n) is 5.39. The molecule has 2 amide bonds. The zero-order valence-corrected chi connectivity index (χ0v) is 17.0. The minimum Gasteiger partial charge on any atom is -0.493 e. The largest absolute Gasteiger partial charge is 0.493 e. The van der Waals surface area contributed by atoms with Crippen molar-refractivity contribution in [1.29, 1.82) is 0 Å². The Bertz CT molecular complexity index is 819. The van der Waals surface area contributed by atoms with Crippen LogP contribution in [0, 0.1) is 0 Å². The highest BCUT2D eigenvalue weighted by atomic mass is 16.5. The molecule has 1 unspecified atom stereocenters. The molecule has 0 saturated heterocycles. The van der Waals surface area contributed by atoms with Crippen molar-refractivity contribution in [3.8, 4) is 11.5 Å². The van der Waals surface area contributed by atoms with Crippen LogP contribution in [0.15, 0.2) is 36.4 Å². The Balaban J connectivity index is 1.60. The van der Waals surface area contributed by atoms with Crippen molar-refractivity contribution >= 4 is 6.03 Å². The number of fused-ring (bicyclic) bond motifs is 1. The molecule has 0 saturated carbocycles. The van der Waals surface area contributed by atoms with Crippen LogP contribution in [0.5, 0.6) is 11.5 Å². The lowest BCUT2D eigenvalue weighted by Gasteiger charge is -2.22. The summed E-state index contributed by atoms with van der Waals surface area (Å²) in [6, 6.07) is 12.1. The lowest BCUT2D eigenvalue weighted by Crippen LogP contribution is -2.37. The van der Waals surface area contributed by atoms with Crippen molar-refractivity contribution in [2.75, 3.05) is 14.2 Å². The predicted molar refractivity (Wildman–Crippen MR) is 111 cm³/mol. The SMILES string of the molecule is CCC(NC(=O)NCc1ccc(OC)c(OC)c1)c1ccc2c(c1)CCCC2. The second kappa shape index (κ2) is 9.49. The first kappa shape index (κ1) is 20.1. The van der Waals surface area contributed by atoms with Crippen LogP contribution in [0.25, 0.3) is 0 Å². The number of hydrogen-bond acceptors (Lipinski definition) is 3. The molecule has 0 fully saturated rings. The van der Waals surface area contributed by atoms with Gasteiger partial charge in [-0.05, 0) is 66.5 Å². The maximum atomic E-state index is 12.4. The van der Waals surface area contributed by atoms with Gasteiger partial charge in [0.05, 0.1) is 20.3 Å². The Morgan fingerprint density at radius 1 is 1.00 bits per heavy atom. The minimum atomic E-state index is -0.167. The number of benzene rings is 2. The van der Waals surface area contributed by atoms with Gasteiger partial charge in [-0.25, -0.2) is 4.79 Å². The summed E-state index contributed by atoms with van der Waals surface area (Å²) in [6.07, 6.45) is 5.70. The average Bonchev–Trinajstić information content (AvgIpc) is 2.75. The molecule has 0 aliphatic heterocycles. The van der Waals surface area contributed by atoms with E-state index in [4.69, 9.17) is 9.47 Å². The first-order chi connectivity index (χ1) is 13.6. The van der Waals surface area contributed by atoms with E-state index in [1.165, 1.54) is 36.0 Å². The summed E-state index contributed by atoms with van der Waals surface area (Å²) in [7, 11) is 3.21. The zero-order chi connectivity index (χ0) is 19.9. The van der Waals surface area contributed by atoms with Crippen molar-refractivity contribution in [3.63, 3.8) is 0 Å². The molecule has 150 valence electrons. The van der Waals surface area contributed by atoms with E-state index in [1.54, 1.807) is 14.2 Å². The number of hydrogen-bond donors (Lipinski definition) is 2. The van der Waals surface area contributed by atoms with Gasteiger partial charge in [-0.1, -0.05) is 31.2 Å². The van der Waals surface area contributed by atoms with E-state index in [0.29, 0.717) is 18.0 Å². The van der Waals surface area contributed by atoms with Gasteiger partial charge in [-0.3, -0.25) is 0 Å². The van der Waals surface area contributed by atoms with Crippen LogP contribution >= 0.6 is 0 Å². The van der Waals surface area contributed by atoms with Gasteiger partial charge < -0.3 is 20.1 Å². The molecule has 0 radical (unpaired) electrons. The second-order valence-corrected chi connectivity index (χ2v) is 7.21. The number of nitrogens with one attached hydrogen (secondary N) is 2. The van der Waals surface area contributed by atoms with Gasteiger partial charge >= 0.3 is 6.03 Å². The highest BCUT2D eigenvalue weighted by Gasteiger charge is 2.16. The standard InChI is InChI=1S/C23H30N2O3/c1-4-20(19-11-10-17-7-5-6-8-18(17)14-19)25-23(26)24-15-16-9-12-21(27-2)22(13-16)28-3/h9-14,20H,4-8,15H2,1-3H3,(H2,24,25,26). The molecule has 3 rings (SSSR count). The van der Waals surface area contributed by atoms with Gasteiger partial charge in [0.15, 0.2) is 11.5 Å². The van der Waals surface area contributed by atoms with Crippen LogP contribution in [0.2, 0.25) is 0 Å². The highest BCUT2D eigenvalue weighted by Crippen LogP contribution is 2.28. The minimum absolute atomic E-state index is 0.0117. The molecule has 5 nitrogen and oxygen atoms in total. The summed E-state index contributed by atoms with van der Waals surface area (Å²) in [5.41, 5.74) is 5.04. The molecule has 5 heteroatoms. The van der Waals surface area contributed by atoms with E-state index in [9.17, 15) is 4.79 Å². The molecule has 0 aromatic heterocycles. The summed E-state index contributed by atoms with van der Waals surface area (Å²) in [5, 5.41) is 6.04. The van der Waals surface area contributed by atoms with Gasteiger partial charge in [0.25, 0.3) is 0 Å². The number of carbonyl (C=O) groups is 1. The zero-order valence-electron chi connectivity index (χ0n) is 17.0. The summed E-state index contributed by atoms with van der Waals surface area (Å²) in [5.74, 6) is 1.33. The Hall–Kier alpha value is -2.69. The van der Waals surface area contributed by atoms with Crippen molar-refractivity contribution in [2.24, 2.45) is 0 Å². The summed E-state index contributed by atoms with van der Waals surface area (Å²) >= 11 is 0. The molecule has 2 aromatic rings. The lowest BCUT2D eigenvalue weighted by atomic mass is 9.89. The third kappa shape index (κ3) is 4.77. The highest BCUT2D eigenvalue weighted by molar-refractivity contribution is 5.74. The molecule has 28 heavy (non-hydrogen) atoms. The van der Waals surface area contributed by atoms with Crippen molar-refractivity contribution in [2.45, 2.75) is 51.6 Å². The normalized spacial score (nSPS) is 14.0. The van der Waals surface area contributed by atoms with E-state index in [-0.39, 0.29) is 12.1 Å². The van der Waals surface area contributed by atoms with Gasteiger partial charge in [0.2, 0.25) is 0 Å². The lowest BCUT2D eigenvalue weighted by molar-refractivity contribution is 0.236. The van der Waals surface area contributed by atoms with Crippen LogP contribution in [0.4, 0.5) is 4.79 Å². The molecule has 0 bridgehead atoms. The molecular weight excluding hydrogens is 352 g/mol. The first-order valence-corrected chi connectivity index (χ1v) is 10.0. The molecule has 1 atom stereocenters. The van der Waals surface area contributed by atoms with E-state index < -0.39 is 0 Å². The van der Waals surface area contributed by atoms with E-state index >= 15 is 0 Å². The summed E-state index contributed by atoms with van der Waals surface area (Å²) in [4.78, 5) is 12.4. The number of rotatable bonds is 7. The van der Waals surface area contributed by atoms with Crippen LogP contribution < -0.4 is 20.1 Å². The fourth-order valence-electron chi connectivity index (χ4n) is 3.77. The fourth-order valence-corrected chi connectivity index (χ4v) is 3.77. The van der Waals surface area contributed by atoms with Crippen LogP contribution in [0.3, 0.4) is 0 Å². The van der Waals surface area contributed by atoms with Crippen LogP contribution in [-0.4, -0.2) is 20.3 Å². The second-order valence-electron chi connectivity index (χ2n) is 7.21. The topological polar surface area (TPSA) is 59.6 Å². The number of urea groups is 1. The molecular formula is C23H30N2O3. The molecule has 2 N–H and O–H groups in total. The Morgan fingerprint density at radius 3 is 2.46 bits per heavy atom. The quantitative estimate of drug-likeness (QED) is 0.739. The summed E-state index contributed by atoms with van der Waals surface area (Å²) in [6.45, 7) is 2.52. The third-order valence-corrected chi connectivity index (χ3v) is 5.39. The maximum absolute atomic E-state index is 12.4. The summed E-state index contributed by atoms with van der Waals surface area (Å²) < 4.78 is 10.6. The number of carbonyl (C=O) groups excluding carboxylic acids is 1. The van der Waals surface area contributed by atoms with Gasteiger partial charge in [0.1, 0.15) is 0 Å². The maximum Gasteiger partial charge on any atom is 0.315 e. The van der Waals surface area contributed by atoms with E-state index in [0.717, 1.165) is 18.4 Å². The molecule has 0 heterocycles. The fraction of sp³-hybridized carbons (Fsp3) is 0.435. The average molecular weight is 383 g/mol. The van der Waals surface area contributed by atoms with Crippen molar-refractivity contribution < 1.29 is 14.3 Å². The molecule has 1 aliphatic carbocycles. The van der Waals surface area contributed by atoms with E-state index in [2.05, 4.69) is 35.8 Å². The number of methoxy groups -OCH3 is 2. The number of amides is 2. The van der Waals surface area contributed by atoms with Gasteiger partial charge in [-0.2, -0.15) is 0 Å². The monoisotopic (exact) mass is 382 g/mol. The van der Waals surface area contributed by atoms with E-state index in [1.807, 2.05) is 18.2 Å². The first-order valence-electron chi connectivity index (χ1n) is 10.0. The van der Waals surface area contributed by atoms with Crippen LogP contribution in [-0.2, 0) is 19.4 Å².